The first kappa shape index (κ1) is 14.4. The van der Waals surface area contributed by atoms with Crippen LogP contribution in [0.15, 0.2) is 18.2 Å². The average Bonchev–Trinajstić information content (AvgIpc) is 2.83. The number of halogens is 1. The normalized spacial score (nSPS) is 18.8. The number of carbonyl (C=O) groups excluding carboxylic acids is 1. The number of amides is 1. The number of phenolic OH excluding ortho intramolecular Hbond substituents is 1. The second-order valence-corrected chi connectivity index (χ2v) is 5.94. The molecule has 4 heteroatoms. The Balaban J connectivity index is 2.13. The molecule has 3 nitrogen and oxygen atoms in total. The van der Waals surface area contributed by atoms with Crippen molar-refractivity contribution >= 4 is 21.8 Å². The first-order chi connectivity index (χ1) is 9.13. The van der Waals surface area contributed by atoms with Crippen molar-refractivity contribution in [3.05, 3.63) is 29.3 Å². The van der Waals surface area contributed by atoms with Gasteiger partial charge in [-0.1, -0.05) is 22.0 Å². The van der Waals surface area contributed by atoms with Gasteiger partial charge in [0.25, 0.3) is 5.91 Å². The van der Waals surface area contributed by atoms with Crippen molar-refractivity contribution < 1.29 is 9.90 Å². The molecule has 1 fully saturated rings. The molecule has 1 aliphatic heterocycles. The van der Waals surface area contributed by atoms with Gasteiger partial charge < -0.3 is 10.0 Å². The fourth-order valence-electron chi connectivity index (χ4n) is 2.69. The van der Waals surface area contributed by atoms with E-state index in [0.29, 0.717) is 11.6 Å². The van der Waals surface area contributed by atoms with E-state index in [-0.39, 0.29) is 11.7 Å². The van der Waals surface area contributed by atoms with Crippen LogP contribution in [0.3, 0.4) is 0 Å². The lowest BCUT2D eigenvalue weighted by Gasteiger charge is -2.25. The third-order valence-electron chi connectivity index (χ3n) is 3.69. The second kappa shape index (κ2) is 6.42. The number of likely N-dealkylation sites (tertiary alicyclic amines) is 1. The minimum Gasteiger partial charge on any atom is -0.507 e. The summed E-state index contributed by atoms with van der Waals surface area (Å²) in [5.41, 5.74) is 1.39. The molecule has 1 unspecified atom stereocenters. The molecule has 1 aromatic carbocycles. The van der Waals surface area contributed by atoms with E-state index in [9.17, 15) is 9.90 Å². The quantitative estimate of drug-likeness (QED) is 0.861. The first-order valence-corrected chi connectivity index (χ1v) is 7.92. The zero-order valence-corrected chi connectivity index (χ0v) is 12.8. The summed E-state index contributed by atoms with van der Waals surface area (Å²) in [5.74, 6) is 0.0608. The number of nitrogens with zero attached hydrogens (tertiary/aromatic N) is 1. The number of aromatic hydroxyl groups is 1. The van der Waals surface area contributed by atoms with E-state index in [2.05, 4.69) is 15.9 Å². The highest BCUT2D eigenvalue weighted by atomic mass is 79.9. The lowest BCUT2D eigenvalue weighted by molar-refractivity contribution is 0.0727. The van der Waals surface area contributed by atoms with Crippen LogP contribution < -0.4 is 0 Å². The molecule has 1 amide bonds. The lowest BCUT2D eigenvalue weighted by atomic mass is 10.1. The van der Waals surface area contributed by atoms with Gasteiger partial charge in [0.1, 0.15) is 5.75 Å². The SMILES string of the molecule is Cc1ccc(C(=O)N2CCCC2CCCBr)c(O)c1. The topological polar surface area (TPSA) is 40.5 Å². The smallest absolute Gasteiger partial charge is 0.257 e. The largest absolute Gasteiger partial charge is 0.507 e. The molecule has 1 heterocycles. The Bertz CT molecular complexity index is 461. The minimum absolute atomic E-state index is 0.0328. The standard InChI is InChI=1S/C15H20BrNO2/c1-11-6-7-13(14(18)10-11)15(19)17-9-3-5-12(17)4-2-8-16/h6-7,10,12,18H,2-5,8-9H2,1H3. The number of hydrogen-bond donors (Lipinski definition) is 1. The van der Waals surface area contributed by atoms with Crippen LogP contribution in [0, 0.1) is 6.92 Å². The van der Waals surface area contributed by atoms with Gasteiger partial charge in [0.2, 0.25) is 0 Å². The number of rotatable bonds is 4. The first-order valence-electron chi connectivity index (χ1n) is 6.80. The molecule has 1 N–H and O–H groups in total. The average molecular weight is 326 g/mol. The monoisotopic (exact) mass is 325 g/mol. The van der Waals surface area contributed by atoms with Gasteiger partial charge in [-0.3, -0.25) is 4.79 Å². The van der Waals surface area contributed by atoms with Crippen LogP contribution in [0.25, 0.3) is 0 Å². The summed E-state index contributed by atoms with van der Waals surface area (Å²) in [4.78, 5) is 14.4. The van der Waals surface area contributed by atoms with Crippen LogP contribution in [0.2, 0.25) is 0 Å². The summed E-state index contributed by atoms with van der Waals surface area (Å²) < 4.78 is 0. The predicted molar refractivity (Wildman–Crippen MR) is 79.9 cm³/mol. The Labute approximate surface area is 122 Å². The summed E-state index contributed by atoms with van der Waals surface area (Å²) in [6.45, 7) is 2.71. The lowest BCUT2D eigenvalue weighted by Crippen LogP contribution is -2.35. The number of alkyl halides is 1. The van der Waals surface area contributed by atoms with Crippen LogP contribution in [0.5, 0.6) is 5.75 Å². The minimum atomic E-state index is -0.0328. The van der Waals surface area contributed by atoms with Gasteiger partial charge in [-0.2, -0.15) is 0 Å². The van der Waals surface area contributed by atoms with E-state index in [1.807, 2.05) is 17.9 Å². The third-order valence-corrected chi connectivity index (χ3v) is 4.25. The number of phenols is 1. The Kier molecular flexibility index (Phi) is 4.86. The van der Waals surface area contributed by atoms with E-state index < -0.39 is 0 Å². The third kappa shape index (κ3) is 3.30. The van der Waals surface area contributed by atoms with E-state index in [1.165, 1.54) is 0 Å². The molecule has 0 spiro atoms. The molecule has 0 bridgehead atoms. The molecule has 2 rings (SSSR count). The molecule has 0 saturated carbocycles. The molecule has 1 aliphatic rings. The molecule has 104 valence electrons. The van der Waals surface area contributed by atoms with Crippen molar-refractivity contribution in [3.8, 4) is 5.75 Å². The fraction of sp³-hybridized carbons (Fsp3) is 0.533. The maximum atomic E-state index is 12.5. The zero-order chi connectivity index (χ0) is 13.8. The van der Waals surface area contributed by atoms with Crippen molar-refractivity contribution in [1.29, 1.82) is 0 Å². The Morgan fingerprint density at radius 3 is 3.00 bits per heavy atom. The van der Waals surface area contributed by atoms with Crippen LogP contribution in [0.4, 0.5) is 0 Å². The molecule has 19 heavy (non-hydrogen) atoms. The van der Waals surface area contributed by atoms with E-state index in [4.69, 9.17) is 0 Å². The van der Waals surface area contributed by atoms with Crippen molar-refractivity contribution in [2.24, 2.45) is 0 Å². The molecule has 1 atom stereocenters. The Morgan fingerprint density at radius 2 is 2.32 bits per heavy atom. The van der Waals surface area contributed by atoms with E-state index >= 15 is 0 Å². The Hall–Kier alpha value is -1.03. The predicted octanol–water partition coefficient (Wildman–Crippen LogP) is 3.48. The highest BCUT2D eigenvalue weighted by Crippen LogP contribution is 2.27. The van der Waals surface area contributed by atoms with Gasteiger partial charge in [-0.05, 0) is 50.3 Å². The van der Waals surface area contributed by atoms with Gasteiger partial charge in [0, 0.05) is 17.9 Å². The van der Waals surface area contributed by atoms with Gasteiger partial charge in [-0.15, -0.1) is 0 Å². The van der Waals surface area contributed by atoms with Crippen molar-refractivity contribution in [1.82, 2.24) is 4.90 Å². The molecular formula is C15H20BrNO2. The highest BCUT2D eigenvalue weighted by Gasteiger charge is 2.29. The van der Waals surface area contributed by atoms with Crippen molar-refractivity contribution in [2.45, 2.75) is 38.6 Å². The summed E-state index contributed by atoms with van der Waals surface area (Å²) in [6, 6.07) is 5.57. The summed E-state index contributed by atoms with van der Waals surface area (Å²) in [5, 5.41) is 10.9. The number of aryl methyl sites for hydroxylation is 1. The van der Waals surface area contributed by atoms with Crippen LogP contribution >= 0.6 is 15.9 Å². The van der Waals surface area contributed by atoms with Crippen LogP contribution in [0.1, 0.15) is 41.6 Å². The fourth-order valence-corrected chi connectivity index (χ4v) is 3.02. The summed E-state index contributed by atoms with van der Waals surface area (Å²) in [6.07, 6.45) is 4.24. The zero-order valence-electron chi connectivity index (χ0n) is 11.2. The number of hydrogen-bond acceptors (Lipinski definition) is 2. The Morgan fingerprint density at radius 1 is 1.53 bits per heavy atom. The molecule has 0 radical (unpaired) electrons. The van der Waals surface area contributed by atoms with Gasteiger partial charge in [0.15, 0.2) is 0 Å². The summed E-state index contributed by atoms with van der Waals surface area (Å²) >= 11 is 3.43. The van der Waals surface area contributed by atoms with Crippen molar-refractivity contribution in [3.63, 3.8) is 0 Å². The second-order valence-electron chi connectivity index (χ2n) is 5.15. The molecular weight excluding hydrogens is 306 g/mol. The van der Waals surface area contributed by atoms with Gasteiger partial charge >= 0.3 is 0 Å². The highest BCUT2D eigenvalue weighted by molar-refractivity contribution is 9.09. The molecule has 0 aromatic heterocycles. The summed E-state index contributed by atoms with van der Waals surface area (Å²) in [7, 11) is 0. The molecule has 1 aromatic rings. The van der Waals surface area contributed by atoms with Crippen LogP contribution in [-0.4, -0.2) is 33.8 Å². The molecule has 0 aliphatic carbocycles. The molecule has 1 saturated heterocycles. The number of benzene rings is 1. The van der Waals surface area contributed by atoms with Crippen molar-refractivity contribution in [2.75, 3.05) is 11.9 Å². The van der Waals surface area contributed by atoms with E-state index in [0.717, 1.165) is 43.1 Å². The maximum absolute atomic E-state index is 12.5. The number of carbonyl (C=O) groups is 1. The van der Waals surface area contributed by atoms with Crippen LogP contribution in [-0.2, 0) is 0 Å². The van der Waals surface area contributed by atoms with Gasteiger partial charge in [-0.25, -0.2) is 0 Å². The van der Waals surface area contributed by atoms with Gasteiger partial charge in [0.05, 0.1) is 5.56 Å². The maximum Gasteiger partial charge on any atom is 0.257 e. The van der Waals surface area contributed by atoms with E-state index in [1.54, 1.807) is 12.1 Å².